The summed E-state index contributed by atoms with van der Waals surface area (Å²) in [6, 6.07) is 3.99. The Morgan fingerprint density at radius 1 is 1.35 bits per heavy atom. The van der Waals surface area contributed by atoms with Gasteiger partial charge in [-0.3, -0.25) is 4.79 Å². The molecule has 0 radical (unpaired) electrons. The minimum absolute atomic E-state index is 0.00964. The van der Waals surface area contributed by atoms with Gasteiger partial charge in [0.15, 0.2) is 0 Å². The topological polar surface area (TPSA) is 68.7 Å². The monoisotopic (exact) mass is 277 g/mol. The lowest BCUT2D eigenvalue weighted by Gasteiger charge is -2.33. The van der Waals surface area contributed by atoms with Crippen molar-refractivity contribution < 1.29 is 19.4 Å². The van der Waals surface area contributed by atoms with Gasteiger partial charge in [-0.05, 0) is 37.7 Å². The fraction of sp³-hybridized carbons (Fsp3) is 0.600. The Kier molecular flexibility index (Phi) is 3.87. The smallest absolute Gasteiger partial charge is 0.306 e. The van der Waals surface area contributed by atoms with E-state index in [0.29, 0.717) is 24.6 Å². The van der Waals surface area contributed by atoms with Gasteiger partial charge in [-0.15, -0.1) is 0 Å². The van der Waals surface area contributed by atoms with Gasteiger partial charge in [0.1, 0.15) is 6.10 Å². The number of carbonyl (C=O) groups is 1. The number of ether oxygens (including phenoxy) is 2. The molecule has 2 fully saturated rings. The third kappa shape index (κ3) is 2.77. The third-order valence-electron chi connectivity index (χ3n) is 4.18. The summed E-state index contributed by atoms with van der Waals surface area (Å²) < 4.78 is 11.3. The summed E-state index contributed by atoms with van der Waals surface area (Å²) in [7, 11) is 0. The third-order valence-corrected chi connectivity index (χ3v) is 4.18. The molecule has 5 nitrogen and oxygen atoms in total. The highest BCUT2D eigenvalue weighted by atomic mass is 16.5. The lowest BCUT2D eigenvalue weighted by Crippen LogP contribution is -2.38. The Morgan fingerprint density at radius 3 is 2.80 bits per heavy atom. The van der Waals surface area contributed by atoms with Crippen LogP contribution in [-0.4, -0.2) is 35.4 Å². The Morgan fingerprint density at radius 2 is 2.10 bits per heavy atom. The van der Waals surface area contributed by atoms with E-state index in [9.17, 15) is 4.79 Å². The molecule has 0 spiro atoms. The normalized spacial score (nSPS) is 26.8. The minimum Gasteiger partial charge on any atom is -0.481 e. The van der Waals surface area contributed by atoms with Crippen molar-refractivity contribution in [3.05, 3.63) is 23.9 Å². The average molecular weight is 277 g/mol. The van der Waals surface area contributed by atoms with E-state index in [0.717, 1.165) is 31.6 Å². The lowest BCUT2D eigenvalue weighted by atomic mass is 9.82. The molecule has 1 aliphatic heterocycles. The van der Waals surface area contributed by atoms with Crippen LogP contribution in [0.2, 0.25) is 0 Å². The zero-order valence-corrected chi connectivity index (χ0v) is 11.3. The number of nitrogens with zero attached hydrogens (tertiary/aromatic N) is 1. The summed E-state index contributed by atoms with van der Waals surface area (Å²) >= 11 is 0. The van der Waals surface area contributed by atoms with Crippen LogP contribution in [0, 0.1) is 5.92 Å². The average Bonchev–Trinajstić information content (AvgIpc) is 2.43. The molecule has 5 heteroatoms. The van der Waals surface area contributed by atoms with E-state index < -0.39 is 5.97 Å². The van der Waals surface area contributed by atoms with Gasteiger partial charge in [-0.25, -0.2) is 4.98 Å². The molecular weight excluding hydrogens is 258 g/mol. The van der Waals surface area contributed by atoms with E-state index in [4.69, 9.17) is 14.6 Å². The van der Waals surface area contributed by atoms with Crippen LogP contribution >= 0.6 is 0 Å². The molecule has 0 unspecified atom stereocenters. The summed E-state index contributed by atoms with van der Waals surface area (Å²) in [5.41, 5.74) is 1.13. The Bertz CT molecular complexity index is 479. The maximum absolute atomic E-state index is 10.8. The van der Waals surface area contributed by atoms with Crippen molar-refractivity contribution in [1.29, 1.82) is 0 Å². The second-order valence-electron chi connectivity index (χ2n) is 5.53. The molecule has 1 aromatic heterocycles. The van der Waals surface area contributed by atoms with Crippen LogP contribution in [0.25, 0.3) is 0 Å². The summed E-state index contributed by atoms with van der Waals surface area (Å²) in [4.78, 5) is 15.1. The van der Waals surface area contributed by atoms with Crippen LogP contribution in [0.1, 0.15) is 37.2 Å². The molecule has 1 saturated heterocycles. The Labute approximate surface area is 117 Å². The van der Waals surface area contributed by atoms with Gasteiger partial charge in [0, 0.05) is 25.0 Å². The molecule has 0 atom stereocenters. The highest BCUT2D eigenvalue weighted by Crippen LogP contribution is 2.36. The van der Waals surface area contributed by atoms with E-state index in [2.05, 4.69) is 11.1 Å². The Balaban J connectivity index is 1.66. The number of aromatic nitrogens is 1. The van der Waals surface area contributed by atoms with Crippen LogP contribution < -0.4 is 4.74 Å². The molecule has 1 aromatic rings. The number of hydrogen-bond acceptors (Lipinski definition) is 4. The first kappa shape index (κ1) is 13.4. The largest absolute Gasteiger partial charge is 0.481 e. The van der Waals surface area contributed by atoms with Crippen LogP contribution in [-0.2, 0) is 9.53 Å². The van der Waals surface area contributed by atoms with E-state index in [1.54, 1.807) is 6.20 Å². The molecule has 108 valence electrons. The van der Waals surface area contributed by atoms with Crippen molar-refractivity contribution in [3.8, 4) is 5.88 Å². The van der Waals surface area contributed by atoms with Crippen molar-refractivity contribution in [2.45, 2.75) is 37.7 Å². The first-order chi connectivity index (χ1) is 9.74. The fourth-order valence-electron chi connectivity index (χ4n) is 2.84. The predicted molar refractivity (Wildman–Crippen MR) is 71.8 cm³/mol. The summed E-state index contributed by atoms with van der Waals surface area (Å²) in [6.07, 6.45) is 4.86. The number of carboxylic acid groups (broad SMARTS) is 1. The van der Waals surface area contributed by atoms with Crippen LogP contribution in [0.5, 0.6) is 5.88 Å². The SMILES string of the molecule is O=C(O)C1CC(Oc2ncccc2C2CCOCC2)C1. The zero-order chi connectivity index (χ0) is 13.9. The molecule has 1 saturated carbocycles. The molecule has 0 bridgehead atoms. The molecular formula is C15H19NO4. The van der Waals surface area contributed by atoms with Gasteiger partial charge in [-0.1, -0.05) is 6.07 Å². The lowest BCUT2D eigenvalue weighted by molar-refractivity contribution is -0.148. The number of aliphatic carboxylic acids is 1. The summed E-state index contributed by atoms with van der Waals surface area (Å²) in [6.45, 7) is 1.56. The summed E-state index contributed by atoms with van der Waals surface area (Å²) in [5, 5.41) is 8.89. The van der Waals surface area contributed by atoms with Crippen LogP contribution in [0.15, 0.2) is 18.3 Å². The van der Waals surface area contributed by atoms with E-state index >= 15 is 0 Å². The molecule has 2 heterocycles. The van der Waals surface area contributed by atoms with Crippen molar-refractivity contribution in [2.24, 2.45) is 5.92 Å². The second kappa shape index (κ2) is 5.79. The number of hydrogen-bond donors (Lipinski definition) is 1. The molecule has 2 aliphatic rings. The maximum Gasteiger partial charge on any atom is 0.306 e. The van der Waals surface area contributed by atoms with Crippen molar-refractivity contribution in [3.63, 3.8) is 0 Å². The second-order valence-corrected chi connectivity index (χ2v) is 5.53. The van der Waals surface area contributed by atoms with E-state index in [1.165, 1.54) is 0 Å². The summed E-state index contributed by atoms with van der Waals surface area (Å²) in [5.74, 6) is 0.127. The number of rotatable bonds is 4. The van der Waals surface area contributed by atoms with Crippen LogP contribution in [0.3, 0.4) is 0 Å². The predicted octanol–water partition coefficient (Wildman–Crippen LogP) is 2.22. The van der Waals surface area contributed by atoms with Gasteiger partial charge in [0.2, 0.25) is 5.88 Å². The van der Waals surface area contributed by atoms with Crippen LogP contribution in [0.4, 0.5) is 0 Å². The van der Waals surface area contributed by atoms with Gasteiger partial charge in [0.05, 0.1) is 5.92 Å². The first-order valence-electron chi connectivity index (χ1n) is 7.16. The standard InChI is InChI=1S/C15H19NO4/c17-15(18)11-8-12(9-11)20-14-13(2-1-5-16-14)10-3-6-19-7-4-10/h1-2,5,10-12H,3-4,6-9H2,(H,17,18). The molecule has 20 heavy (non-hydrogen) atoms. The molecule has 0 amide bonds. The van der Waals surface area contributed by atoms with E-state index in [-0.39, 0.29) is 12.0 Å². The van der Waals surface area contributed by atoms with Gasteiger partial charge < -0.3 is 14.6 Å². The van der Waals surface area contributed by atoms with Crippen molar-refractivity contribution in [1.82, 2.24) is 4.98 Å². The highest BCUT2D eigenvalue weighted by Gasteiger charge is 2.36. The first-order valence-corrected chi connectivity index (χ1v) is 7.16. The fourth-order valence-corrected chi connectivity index (χ4v) is 2.84. The van der Waals surface area contributed by atoms with Crippen molar-refractivity contribution >= 4 is 5.97 Å². The Hall–Kier alpha value is -1.62. The van der Waals surface area contributed by atoms with E-state index in [1.807, 2.05) is 6.07 Å². The van der Waals surface area contributed by atoms with Crippen molar-refractivity contribution in [2.75, 3.05) is 13.2 Å². The molecule has 0 aromatic carbocycles. The van der Waals surface area contributed by atoms with Gasteiger partial charge >= 0.3 is 5.97 Å². The number of pyridine rings is 1. The molecule has 3 rings (SSSR count). The van der Waals surface area contributed by atoms with Gasteiger partial charge in [0.25, 0.3) is 0 Å². The highest BCUT2D eigenvalue weighted by molar-refractivity contribution is 5.71. The molecule has 1 aliphatic carbocycles. The number of carboxylic acids is 1. The quantitative estimate of drug-likeness (QED) is 0.914. The maximum atomic E-state index is 10.8. The minimum atomic E-state index is -0.726. The van der Waals surface area contributed by atoms with Gasteiger partial charge in [-0.2, -0.15) is 0 Å². The zero-order valence-electron chi connectivity index (χ0n) is 11.3. The molecule has 1 N–H and O–H groups in total.